The molecule has 0 unspecified atom stereocenters. The lowest BCUT2D eigenvalue weighted by atomic mass is 10.1. The average Bonchev–Trinajstić information content (AvgIpc) is 2.19. The molecule has 0 atom stereocenters. The van der Waals surface area contributed by atoms with Gasteiger partial charge in [-0.05, 0) is 12.3 Å². The molecule has 1 fully saturated rings. The van der Waals surface area contributed by atoms with E-state index in [9.17, 15) is 0 Å². The molecule has 0 aromatic heterocycles. The van der Waals surface area contributed by atoms with Crippen molar-refractivity contribution in [3.05, 3.63) is 12.7 Å². The maximum absolute atomic E-state index is 3.78. The summed E-state index contributed by atoms with van der Waals surface area (Å²) in [5, 5.41) is 1.24. The second-order valence-corrected chi connectivity index (χ2v) is 8.37. The van der Waals surface area contributed by atoms with Crippen LogP contribution in [0.3, 0.4) is 0 Å². The fraction of sp³-hybridized carbons (Fsp3) is 0.818. The highest BCUT2D eigenvalue weighted by Crippen LogP contribution is 2.28. The van der Waals surface area contributed by atoms with Gasteiger partial charge in [0.2, 0.25) is 0 Å². The highest BCUT2D eigenvalue weighted by atomic mass is 79.9. The predicted octanol–water partition coefficient (Wildman–Crippen LogP) is 3.98. The maximum atomic E-state index is 3.78. The van der Waals surface area contributed by atoms with E-state index < -0.39 is 0 Å². The average molecular weight is 261 g/mol. The van der Waals surface area contributed by atoms with Gasteiger partial charge in [-0.2, -0.15) is 0 Å². The molecule has 0 radical (unpaired) electrons. The van der Waals surface area contributed by atoms with E-state index in [0.29, 0.717) is 0 Å². The molecule has 0 bridgehead atoms. The van der Waals surface area contributed by atoms with Crippen molar-refractivity contribution in [2.24, 2.45) is 5.92 Å². The van der Waals surface area contributed by atoms with Gasteiger partial charge in [0.25, 0.3) is 0 Å². The fourth-order valence-corrected chi connectivity index (χ4v) is 6.44. The topological polar surface area (TPSA) is 0 Å². The first-order valence-electron chi connectivity index (χ1n) is 5.53. The summed E-state index contributed by atoms with van der Waals surface area (Å²) in [6.07, 6.45) is 7.75. The van der Waals surface area contributed by atoms with Gasteiger partial charge in [0.1, 0.15) is 0 Å². The van der Waals surface area contributed by atoms with E-state index in [1.54, 1.807) is 18.1 Å². The van der Waals surface area contributed by atoms with E-state index in [0.717, 1.165) is 5.92 Å². The Bertz CT molecular complexity index is 139. The van der Waals surface area contributed by atoms with Gasteiger partial charge in [-0.25, -0.2) is 0 Å². The van der Waals surface area contributed by atoms with E-state index in [-0.39, 0.29) is 8.80 Å². The van der Waals surface area contributed by atoms with Crippen LogP contribution >= 0.6 is 15.9 Å². The van der Waals surface area contributed by atoms with Crippen LogP contribution in [0.1, 0.15) is 25.7 Å². The van der Waals surface area contributed by atoms with Gasteiger partial charge in [-0.15, -0.1) is 6.58 Å². The molecule has 76 valence electrons. The summed E-state index contributed by atoms with van der Waals surface area (Å²) in [5.41, 5.74) is 0. The summed E-state index contributed by atoms with van der Waals surface area (Å²) in [6, 6.07) is 4.78. The SMILES string of the molecule is C=CCCC[Si@H]1CC[C@H](CBr)CC1. The zero-order valence-corrected chi connectivity index (χ0v) is 11.2. The van der Waals surface area contributed by atoms with Crippen LogP contribution in [-0.4, -0.2) is 14.1 Å². The third-order valence-corrected chi connectivity index (χ3v) is 7.65. The predicted molar refractivity (Wildman–Crippen MR) is 67.5 cm³/mol. The molecule has 13 heavy (non-hydrogen) atoms. The van der Waals surface area contributed by atoms with E-state index in [1.807, 2.05) is 0 Å². The van der Waals surface area contributed by atoms with Crippen molar-refractivity contribution < 1.29 is 0 Å². The monoisotopic (exact) mass is 260 g/mol. The molecular formula is C11H21BrSi. The molecule has 1 aliphatic rings. The Kier molecular flexibility index (Phi) is 6.04. The number of unbranched alkanes of at least 4 members (excludes halogenated alkanes) is 1. The van der Waals surface area contributed by atoms with E-state index in [2.05, 4.69) is 28.6 Å². The second-order valence-electron chi connectivity index (χ2n) is 4.26. The quantitative estimate of drug-likeness (QED) is 0.304. The molecule has 0 spiro atoms. The van der Waals surface area contributed by atoms with E-state index >= 15 is 0 Å². The molecule has 0 amide bonds. The summed E-state index contributed by atoms with van der Waals surface area (Å²) in [6.45, 7) is 3.78. The van der Waals surface area contributed by atoms with Crippen molar-refractivity contribution in [3.8, 4) is 0 Å². The Morgan fingerprint density at radius 2 is 2.08 bits per heavy atom. The molecule has 1 rings (SSSR count). The van der Waals surface area contributed by atoms with Crippen LogP contribution in [0.2, 0.25) is 18.1 Å². The maximum Gasteiger partial charge on any atom is 0.0368 e. The van der Waals surface area contributed by atoms with Gasteiger partial charge in [-0.1, -0.05) is 59.4 Å². The number of halogens is 1. The van der Waals surface area contributed by atoms with Gasteiger partial charge < -0.3 is 0 Å². The minimum atomic E-state index is -0.279. The number of allylic oxidation sites excluding steroid dienone is 1. The number of rotatable bonds is 5. The van der Waals surface area contributed by atoms with Crippen LogP contribution in [0, 0.1) is 5.92 Å². The molecule has 0 aliphatic carbocycles. The van der Waals surface area contributed by atoms with Crippen LogP contribution in [-0.2, 0) is 0 Å². The summed E-state index contributed by atoms with van der Waals surface area (Å²) in [7, 11) is -0.279. The molecule has 0 saturated carbocycles. The van der Waals surface area contributed by atoms with Crippen molar-refractivity contribution in [1.82, 2.24) is 0 Å². The normalized spacial score (nSPS) is 28.7. The number of hydrogen-bond donors (Lipinski definition) is 0. The third-order valence-electron chi connectivity index (χ3n) is 3.21. The lowest BCUT2D eigenvalue weighted by Gasteiger charge is -2.26. The zero-order valence-electron chi connectivity index (χ0n) is 8.47. The van der Waals surface area contributed by atoms with Gasteiger partial charge in [0.05, 0.1) is 0 Å². The van der Waals surface area contributed by atoms with E-state index in [4.69, 9.17) is 0 Å². The Morgan fingerprint density at radius 1 is 1.38 bits per heavy atom. The van der Waals surface area contributed by atoms with Crippen molar-refractivity contribution in [2.45, 2.75) is 43.8 Å². The van der Waals surface area contributed by atoms with Crippen molar-refractivity contribution in [3.63, 3.8) is 0 Å². The Balaban J connectivity index is 2.06. The fourth-order valence-electron chi connectivity index (χ4n) is 2.23. The van der Waals surface area contributed by atoms with Gasteiger partial charge in [0, 0.05) is 14.1 Å². The van der Waals surface area contributed by atoms with Crippen LogP contribution in [0.4, 0.5) is 0 Å². The van der Waals surface area contributed by atoms with Crippen LogP contribution < -0.4 is 0 Å². The van der Waals surface area contributed by atoms with Crippen LogP contribution in [0.25, 0.3) is 0 Å². The first-order valence-corrected chi connectivity index (χ1v) is 9.10. The minimum absolute atomic E-state index is 0.279. The molecule has 1 heterocycles. The largest absolute Gasteiger partial charge is 0.103 e. The van der Waals surface area contributed by atoms with Crippen LogP contribution in [0.5, 0.6) is 0 Å². The lowest BCUT2D eigenvalue weighted by molar-refractivity contribution is 0.528. The summed E-state index contributed by atoms with van der Waals surface area (Å²) < 4.78 is 0. The first kappa shape index (κ1) is 11.5. The molecule has 0 nitrogen and oxygen atoms in total. The summed E-state index contributed by atoms with van der Waals surface area (Å²) >= 11 is 3.60. The van der Waals surface area contributed by atoms with Gasteiger partial charge in [-0.3, -0.25) is 0 Å². The Labute approximate surface area is 92.5 Å². The Morgan fingerprint density at radius 3 is 2.62 bits per heavy atom. The molecule has 1 aliphatic heterocycles. The highest BCUT2D eigenvalue weighted by molar-refractivity contribution is 9.09. The summed E-state index contributed by atoms with van der Waals surface area (Å²) in [5.74, 6) is 1.00. The third kappa shape index (κ3) is 4.46. The second kappa shape index (κ2) is 6.83. The number of hydrogen-bond acceptors (Lipinski definition) is 0. The van der Waals surface area contributed by atoms with Crippen molar-refractivity contribution in [2.75, 3.05) is 5.33 Å². The molecule has 0 aromatic rings. The zero-order chi connectivity index (χ0) is 9.52. The molecular weight excluding hydrogens is 240 g/mol. The summed E-state index contributed by atoms with van der Waals surface area (Å²) in [4.78, 5) is 0. The van der Waals surface area contributed by atoms with E-state index in [1.165, 1.54) is 31.0 Å². The minimum Gasteiger partial charge on any atom is -0.103 e. The van der Waals surface area contributed by atoms with Crippen LogP contribution in [0.15, 0.2) is 12.7 Å². The van der Waals surface area contributed by atoms with Crippen molar-refractivity contribution >= 4 is 24.7 Å². The standard InChI is InChI=1S/C11H21BrSi/c1-2-3-4-7-13-8-5-11(10-12)6-9-13/h2,11,13H,1,3-10H2/t11-,13-. The number of alkyl halides is 1. The molecule has 0 aromatic carbocycles. The molecule has 0 N–H and O–H groups in total. The van der Waals surface area contributed by atoms with Gasteiger partial charge >= 0.3 is 0 Å². The molecule has 1 saturated heterocycles. The smallest absolute Gasteiger partial charge is 0.0368 e. The lowest BCUT2D eigenvalue weighted by Crippen LogP contribution is -2.21. The van der Waals surface area contributed by atoms with Crippen molar-refractivity contribution in [1.29, 1.82) is 0 Å². The van der Waals surface area contributed by atoms with Gasteiger partial charge in [0.15, 0.2) is 0 Å². The highest BCUT2D eigenvalue weighted by Gasteiger charge is 2.20. The first-order chi connectivity index (χ1) is 6.36. The Hall–Kier alpha value is 0.437. The molecule has 2 heteroatoms.